The highest BCUT2D eigenvalue weighted by Crippen LogP contribution is 2.39. The molecule has 1 heterocycles. The van der Waals surface area contributed by atoms with Crippen LogP contribution in [0.1, 0.15) is 39.0 Å². The van der Waals surface area contributed by atoms with E-state index in [0.717, 1.165) is 16.7 Å². The number of nitrogens with one attached hydrogen (secondary N) is 1. The Kier molecular flexibility index (Phi) is 3.57. The number of Topliss-reactive ketones (excluding diaryl/α,β-unsaturated/α-hetero) is 1. The number of benzene rings is 2. The Morgan fingerprint density at radius 3 is 2.48 bits per heavy atom. The molecule has 2 N–H and O–H groups in total. The molecule has 0 bridgehead atoms. The fourth-order valence-electron chi connectivity index (χ4n) is 3.06. The van der Waals surface area contributed by atoms with E-state index in [1.54, 1.807) is 24.3 Å². The maximum Gasteiger partial charge on any atom is 0.261 e. The normalized spacial score (nSPS) is 19.4. The number of ketones is 1. The Hall–Kier alpha value is -2.46. The summed E-state index contributed by atoms with van der Waals surface area (Å²) in [6.45, 7) is 5.80. The second-order valence-corrected chi connectivity index (χ2v) is 6.21. The number of anilines is 1. The van der Waals surface area contributed by atoms with E-state index in [1.165, 1.54) is 0 Å². The van der Waals surface area contributed by atoms with E-state index in [4.69, 9.17) is 0 Å². The van der Waals surface area contributed by atoms with Gasteiger partial charge < -0.3 is 10.4 Å². The van der Waals surface area contributed by atoms with E-state index in [9.17, 15) is 14.7 Å². The molecule has 3 rings (SSSR count). The van der Waals surface area contributed by atoms with Crippen LogP contribution in [0.25, 0.3) is 0 Å². The molecular weight excluding hydrogens is 290 g/mol. The lowest BCUT2D eigenvalue weighted by Gasteiger charge is -2.20. The van der Waals surface area contributed by atoms with Crippen molar-refractivity contribution in [2.24, 2.45) is 0 Å². The summed E-state index contributed by atoms with van der Waals surface area (Å²) in [7, 11) is 0. The molecule has 0 radical (unpaired) electrons. The predicted molar refractivity (Wildman–Crippen MR) is 88.6 cm³/mol. The van der Waals surface area contributed by atoms with Crippen molar-refractivity contribution < 1.29 is 14.7 Å². The van der Waals surface area contributed by atoms with Crippen LogP contribution in [0.4, 0.5) is 5.69 Å². The molecule has 4 nitrogen and oxygen atoms in total. The van der Waals surface area contributed by atoms with E-state index >= 15 is 0 Å². The number of para-hydroxylation sites is 1. The van der Waals surface area contributed by atoms with Crippen LogP contribution in [-0.2, 0) is 10.4 Å². The Labute approximate surface area is 135 Å². The molecule has 2 aromatic carbocycles. The number of rotatable bonds is 3. The Bertz CT molecular complexity index is 825. The van der Waals surface area contributed by atoms with Crippen molar-refractivity contribution in [3.05, 3.63) is 64.2 Å². The van der Waals surface area contributed by atoms with Gasteiger partial charge >= 0.3 is 0 Å². The number of carbonyl (C=O) groups is 2. The van der Waals surface area contributed by atoms with Crippen molar-refractivity contribution in [1.29, 1.82) is 0 Å². The number of fused-ring (bicyclic) bond motifs is 1. The molecule has 1 amide bonds. The summed E-state index contributed by atoms with van der Waals surface area (Å²) in [5.74, 6) is -0.784. The molecule has 4 heteroatoms. The average molecular weight is 309 g/mol. The summed E-state index contributed by atoms with van der Waals surface area (Å²) in [4.78, 5) is 24.9. The van der Waals surface area contributed by atoms with Crippen LogP contribution < -0.4 is 5.32 Å². The van der Waals surface area contributed by atoms with Gasteiger partial charge in [-0.05, 0) is 49.6 Å². The van der Waals surface area contributed by atoms with Crippen molar-refractivity contribution in [3.63, 3.8) is 0 Å². The van der Waals surface area contributed by atoms with Crippen LogP contribution in [0.15, 0.2) is 36.4 Å². The quantitative estimate of drug-likeness (QED) is 0.857. The highest BCUT2D eigenvalue weighted by molar-refractivity contribution is 6.09. The minimum Gasteiger partial charge on any atom is -0.375 e. The number of carbonyl (C=O) groups excluding carboxylic acids is 2. The molecular formula is C19H19NO3. The van der Waals surface area contributed by atoms with Crippen LogP contribution in [-0.4, -0.2) is 16.8 Å². The number of hydrogen-bond donors (Lipinski definition) is 2. The van der Waals surface area contributed by atoms with E-state index in [1.807, 2.05) is 32.9 Å². The molecule has 0 unspecified atom stereocenters. The van der Waals surface area contributed by atoms with Crippen LogP contribution in [0.5, 0.6) is 0 Å². The molecule has 1 aliphatic rings. The lowest BCUT2D eigenvalue weighted by Crippen LogP contribution is -2.36. The summed E-state index contributed by atoms with van der Waals surface area (Å²) < 4.78 is 0. The van der Waals surface area contributed by atoms with E-state index in [2.05, 4.69) is 5.32 Å². The van der Waals surface area contributed by atoms with Gasteiger partial charge in [-0.25, -0.2) is 0 Å². The topological polar surface area (TPSA) is 66.4 Å². The molecule has 1 aliphatic heterocycles. The van der Waals surface area contributed by atoms with Gasteiger partial charge in [0.05, 0.1) is 6.42 Å². The summed E-state index contributed by atoms with van der Waals surface area (Å²) in [5, 5.41) is 13.5. The van der Waals surface area contributed by atoms with Gasteiger partial charge in [0, 0.05) is 16.8 Å². The summed E-state index contributed by atoms with van der Waals surface area (Å²) in [6.07, 6.45) is -0.265. The highest BCUT2D eigenvalue weighted by atomic mass is 16.3. The Morgan fingerprint density at radius 2 is 1.74 bits per heavy atom. The van der Waals surface area contributed by atoms with Crippen LogP contribution >= 0.6 is 0 Å². The zero-order chi connectivity index (χ0) is 16.8. The number of aryl methyl sites for hydroxylation is 3. The largest absolute Gasteiger partial charge is 0.375 e. The second kappa shape index (κ2) is 5.32. The fourth-order valence-corrected chi connectivity index (χ4v) is 3.06. The van der Waals surface area contributed by atoms with Crippen molar-refractivity contribution in [3.8, 4) is 0 Å². The predicted octanol–water partition coefficient (Wildman–Crippen LogP) is 3.02. The third-order valence-electron chi connectivity index (χ3n) is 4.55. The fraction of sp³-hybridized carbons (Fsp3) is 0.263. The molecule has 1 atom stereocenters. The molecule has 0 fully saturated rings. The molecule has 23 heavy (non-hydrogen) atoms. The lowest BCUT2D eigenvalue weighted by atomic mass is 9.86. The first-order valence-electron chi connectivity index (χ1n) is 7.57. The third kappa shape index (κ3) is 2.45. The standard InChI is InChI=1S/C19H19NO3/c1-11-8-13(3)14(9-12(11)2)17(21)10-19(23)15-6-4-5-7-16(15)20-18(19)22/h4-9,23H,10H2,1-3H3,(H,20,22)/t19-/m0/s1. The Morgan fingerprint density at radius 1 is 1.09 bits per heavy atom. The average Bonchev–Trinajstić information content (AvgIpc) is 2.74. The van der Waals surface area contributed by atoms with Crippen LogP contribution in [0.2, 0.25) is 0 Å². The zero-order valence-electron chi connectivity index (χ0n) is 13.4. The van der Waals surface area contributed by atoms with Gasteiger partial charge in [-0.2, -0.15) is 0 Å². The summed E-state index contributed by atoms with van der Waals surface area (Å²) >= 11 is 0. The van der Waals surface area contributed by atoms with Gasteiger partial charge in [0.2, 0.25) is 0 Å². The van der Waals surface area contributed by atoms with Gasteiger partial charge in [0.1, 0.15) is 0 Å². The minimum atomic E-state index is -1.81. The number of hydrogen-bond acceptors (Lipinski definition) is 3. The van der Waals surface area contributed by atoms with Crippen LogP contribution in [0, 0.1) is 20.8 Å². The first-order chi connectivity index (χ1) is 10.8. The molecule has 0 aliphatic carbocycles. The van der Waals surface area contributed by atoms with E-state index in [-0.39, 0.29) is 12.2 Å². The summed E-state index contributed by atoms with van der Waals surface area (Å²) in [5.41, 5.74) is 2.75. The number of aliphatic hydroxyl groups is 1. The second-order valence-electron chi connectivity index (χ2n) is 6.21. The minimum absolute atomic E-state index is 0.236. The van der Waals surface area contributed by atoms with Gasteiger partial charge in [-0.15, -0.1) is 0 Å². The van der Waals surface area contributed by atoms with E-state index in [0.29, 0.717) is 16.8 Å². The third-order valence-corrected chi connectivity index (χ3v) is 4.55. The van der Waals surface area contributed by atoms with Crippen molar-refractivity contribution in [2.75, 3.05) is 5.32 Å². The van der Waals surface area contributed by atoms with Gasteiger partial charge in [-0.3, -0.25) is 9.59 Å². The van der Waals surface area contributed by atoms with Crippen molar-refractivity contribution in [2.45, 2.75) is 32.8 Å². The zero-order valence-corrected chi connectivity index (χ0v) is 13.4. The molecule has 0 saturated carbocycles. The Balaban J connectivity index is 1.97. The smallest absolute Gasteiger partial charge is 0.261 e. The maximum atomic E-state index is 12.7. The number of amides is 1. The van der Waals surface area contributed by atoms with Gasteiger partial charge in [-0.1, -0.05) is 24.3 Å². The monoisotopic (exact) mass is 309 g/mol. The van der Waals surface area contributed by atoms with Gasteiger partial charge in [0.25, 0.3) is 5.91 Å². The first-order valence-corrected chi connectivity index (χ1v) is 7.57. The van der Waals surface area contributed by atoms with Gasteiger partial charge in [0.15, 0.2) is 11.4 Å². The summed E-state index contributed by atoms with van der Waals surface area (Å²) in [6, 6.07) is 10.7. The molecule has 0 spiro atoms. The molecule has 2 aromatic rings. The van der Waals surface area contributed by atoms with E-state index < -0.39 is 11.5 Å². The van der Waals surface area contributed by atoms with Crippen molar-refractivity contribution in [1.82, 2.24) is 0 Å². The first kappa shape index (κ1) is 15.4. The molecule has 118 valence electrons. The maximum absolute atomic E-state index is 12.7. The molecule has 0 aromatic heterocycles. The van der Waals surface area contributed by atoms with Crippen molar-refractivity contribution >= 4 is 17.4 Å². The highest BCUT2D eigenvalue weighted by Gasteiger charge is 2.46. The SMILES string of the molecule is Cc1cc(C)c(C(=O)C[C@@]2(O)C(=O)Nc3ccccc32)cc1C. The lowest BCUT2D eigenvalue weighted by molar-refractivity contribution is -0.133. The van der Waals surface area contributed by atoms with Crippen LogP contribution in [0.3, 0.4) is 0 Å². The molecule has 0 saturated heterocycles.